The molecular weight excluding hydrogens is 443 g/mol. The molecule has 0 unspecified atom stereocenters. The molecule has 0 aliphatic heterocycles. The Morgan fingerprint density at radius 1 is 0.909 bits per heavy atom. The maximum absolute atomic E-state index is 13.3. The fraction of sp³-hybridized carbons (Fsp3) is 0.833. The lowest BCUT2D eigenvalue weighted by molar-refractivity contribution is 0.00595. The minimum atomic E-state index is -3.83. The minimum Gasteiger partial charge on any atom is -0.455 e. The van der Waals surface area contributed by atoms with Gasteiger partial charge in [-0.3, -0.25) is 13.6 Å². The fourth-order valence-corrected chi connectivity index (χ4v) is 4.54. The number of rotatable bonds is 11. The second kappa shape index (κ2) is 11.5. The smallest absolute Gasteiger partial charge is 0.455 e. The van der Waals surface area contributed by atoms with E-state index in [2.05, 4.69) is 5.10 Å². The second-order valence-electron chi connectivity index (χ2n) is 11.6. The van der Waals surface area contributed by atoms with Gasteiger partial charge < -0.3 is 4.74 Å². The Labute approximate surface area is 200 Å². The zero-order valence-electron chi connectivity index (χ0n) is 22.6. The molecule has 1 aromatic rings. The number of phosphoric acid groups is 1. The van der Waals surface area contributed by atoms with E-state index in [-0.39, 0.29) is 48.8 Å². The van der Waals surface area contributed by atoms with Crippen molar-refractivity contribution in [3.05, 3.63) is 17.0 Å². The molecule has 0 fully saturated rings. The van der Waals surface area contributed by atoms with Gasteiger partial charge in [-0.1, -0.05) is 62.3 Å². The summed E-state index contributed by atoms with van der Waals surface area (Å²) in [6, 6.07) is 0. The van der Waals surface area contributed by atoms with Crippen molar-refractivity contribution in [2.75, 3.05) is 13.2 Å². The van der Waals surface area contributed by atoms with E-state index < -0.39 is 19.4 Å². The van der Waals surface area contributed by atoms with Gasteiger partial charge in [0.1, 0.15) is 5.60 Å². The van der Waals surface area contributed by atoms with Crippen LogP contribution in [0.4, 0.5) is 0 Å². The maximum atomic E-state index is 13.3. The first-order valence-corrected chi connectivity index (χ1v) is 13.2. The maximum Gasteiger partial charge on any atom is 0.476 e. The Morgan fingerprint density at radius 2 is 1.39 bits per heavy atom. The molecule has 1 rings (SSSR count). The molecule has 0 aliphatic carbocycles. The number of ether oxygens (including phenoxy) is 1. The lowest BCUT2D eigenvalue weighted by Crippen LogP contribution is -2.25. The molecule has 0 radical (unpaired) electrons. The minimum absolute atomic E-state index is 0.0108. The van der Waals surface area contributed by atoms with Crippen LogP contribution in [-0.2, 0) is 35.0 Å². The molecule has 8 nitrogen and oxygen atoms in total. The topological polar surface area (TPSA) is 88.9 Å². The number of aromatic nitrogens is 2. The van der Waals surface area contributed by atoms with Crippen LogP contribution in [0.5, 0.6) is 0 Å². The van der Waals surface area contributed by atoms with Crippen molar-refractivity contribution >= 4 is 13.8 Å². The van der Waals surface area contributed by atoms with Crippen molar-refractivity contribution in [3.8, 4) is 0 Å². The Bertz CT molecular complexity index is 815. The molecular formula is C24H45N2O6P. The number of hydrogen-bond donors (Lipinski definition) is 0. The van der Waals surface area contributed by atoms with Crippen molar-refractivity contribution in [1.82, 2.24) is 9.78 Å². The van der Waals surface area contributed by atoms with Crippen LogP contribution in [0.2, 0.25) is 0 Å². The molecule has 9 heteroatoms. The lowest BCUT2D eigenvalue weighted by atomic mass is 9.85. The van der Waals surface area contributed by atoms with Gasteiger partial charge in [-0.15, -0.1) is 0 Å². The van der Waals surface area contributed by atoms with Crippen molar-refractivity contribution in [2.24, 2.45) is 11.8 Å². The summed E-state index contributed by atoms with van der Waals surface area (Å²) in [6.07, 6.45) is 0. The summed E-state index contributed by atoms with van der Waals surface area (Å²) in [4.78, 5) is 13.0. The van der Waals surface area contributed by atoms with Gasteiger partial charge in [0.15, 0.2) is 12.4 Å². The summed E-state index contributed by atoms with van der Waals surface area (Å²) < 4.78 is 37.4. The fourth-order valence-electron chi connectivity index (χ4n) is 3.10. The van der Waals surface area contributed by atoms with E-state index in [0.717, 1.165) is 11.3 Å². The standard InChI is InChI=1S/C24H45N2O6P/c1-16(2)13-29-33(28,30-14-17(3)4)31-15-26-21(23(7,8)9)19(18(5)6)20(25-26)22(27)32-24(10,11)12/h16-18H,13-15H2,1-12H3. The average Bonchev–Trinajstić information content (AvgIpc) is 3.02. The van der Waals surface area contributed by atoms with Crippen LogP contribution in [0.15, 0.2) is 0 Å². The van der Waals surface area contributed by atoms with E-state index >= 15 is 0 Å². The Hall–Kier alpha value is -1.21. The summed E-state index contributed by atoms with van der Waals surface area (Å²) in [5, 5.41) is 4.56. The van der Waals surface area contributed by atoms with Gasteiger partial charge in [-0.2, -0.15) is 5.10 Å². The molecule has 0 spiro atoms. The second-order valence-corrected chi connectivity index (χ2v) is 13.3. The van der Waals surface area contributed by atoms with Gasteiger partial charge in [0.25, 0.3) is 0 Å². The summed E-state index contributed by atoms with van der Waals surface area (Å²) in [5.41, 5.74) is 0.838. The van der Waals surface area contributed by atoms with Gasteiger partial charge in [0.2, 0.25) is 0 Å². The highest BCUT2D eigenvalue weighted by molar-refractivity contribution is 7.48. The SMILES string of the molecule is CC(C)COP(=O)(OCC(C)C)OCn1nc(C(=O)OC(C)(C)C)c(C(C)C)c1C(C)(C)C. The van der Waals surface area contributed by atoms with Crippen LogP contribution >= 0.6 is 7.82 Å². The largest absolute Gasteiger partial charge is 0.476 e. The van der Waals surface area contributed by atoms with Crippen LogP contribution < -0.4 is 0 Å². The van der Waals surface area contributed by atoms with Gasteiger partial charge in [0.05, 0.1) is 18.9 Å². The third-order valence-corrected chi connectivity index (χ3v) is 5.70. The molecule has 0 N–H and O–H groups in total. The highest BCUT2D eigenvalue weighted by Crippen LogP contribution is 2.50. The van der Waals surface area contributed by atoms with Crippen LogP contribution in [0.25, 0.3) is 0 Å². The third kappa shape index (κ3) is 9.51. The summed E-state index contributed by atoms with van der Waals surface area (Å²) in [7, 11) is -3.83. The third-order valence-electron chi connectivity index (χ3n) is 4.34. The van der Waals surface area contributed by atoms with E-state index in [9.17, 15) is 9.36 Å². The Morgan fingerprint density at radius 3 is 1.76 bits per heavy atom. The van der Waals surface area contributed by atoms with Gasteiger partial charge in [0, 0.05) is 11.0 Å². The molecule has 0 bridgehead atoms. The molecule has 33 heavy (non-hydrogen) atoms. The molecule has 0 aromatic carbocycles. The molecule has 0 amide bonds. The van der Waals surface area contributed by atoms with Crippen LogP contribution in [0, 0.1) is 11.8 Å². The number of carbonyl (C=O) groups is 1. The van der Waals surface area contributed by atoms with Gasteiger partial charge >= 0.3 is 13.8 Å². The quantitative estimate of drug-likeness (QED) is 0.253. The molecule has 0 atom stereocenters. The first-order chi connectivity index (χ1) is 14.9. The van der Waals surface area contributed by atoms with E-state index in [1.807, 2.05) is 83.1 Å². The van der Waals surface area contributed by atoms with Crippen molar-refractivity contribution in [1.29, 1.82) is 0 Å². The first kappa shape index (κ1) is 29.8. The highest BCUT2D eigenvalue weighted by Gasteiger charge is 2.35. The van der Waals surface area contributed by atoms with E-state index in [4.69, 9.17) is 18.3 Å². The normalized spacial score (nSPS) is 13.4. The predicted octanol–water partition coefficient (Wildman–Crippen LogP) is 6.69. The lowest BCUT2D eigenvalue weighted by Gasteiger charge is -2.25. The highest BCUT2D eigenvalue weighted by atomic mass is 31.2. The molecule has 1 heterocycles. The number of hydrogen-bond acceptors (Lipinski definition) is 7. The first-order valence-electron chi connectivity index (χ1n) is 11.7. The van der Waals surface area contributed by atoms with E-state index in [0.29, 0.717) is 0 Å². The van der Waals surface area contributed by atoms with Crippen LogP contribution in [-0.4, -0.2) is 34.6 Å². The van der Waals surface area contributed by atoms with Crippen molar-refractivity contribution < 1.29 is 27.7 Å². The van der Waals surface area contributed by atoms with Crippen LogP contribution in [0.3, 0.4) is 0 Å². The Balaban J connectivity index is 3.40. The number of esters is 1. The zero-order valence-corrected chi connectivity index (χ0v) is 23.5. The van der Waals surface area contributed by atoms with Gasteiger partial charge in [-0.05, 0) is 38.5 Å². The summed E-state index contributed by atoms with van der Waals surface area (Å²) in [5.74, 6) is -0.168. The predicted molar refractivity (Wildman–Crippen MR) is 130 cm³/mol. The summed E-state index contributed by atoms with van der Waals surface area (Å²) in [6.45, 7) is 23.7. The molecule has 1 aromatic heterocycles. The summed E-state index contributed by atoms with van der Waals surface area (Å²) >= 11 is 0. The zero-order chi connectivity index (χ0) is 25.8. The van der Waals surface area contributed by atoms with E-state index in [1.54, 1.807) is 4.68 Å². The number of carbonyl (C=O) groups excluding carboxylic acids is 1. The number of nitrogens with zero attached hydrogens (tertiary/aromatic N) is 2. The van der Waals surface area contributed by atoms with Crippen LogP contribution in [0.1, 0.15) is 111 Å². The molecule has 0 saturated heterocycles. The molecule has 192 valence electrons. The van der Waals surface area contributed by atoms with E-state index in [1.165, 1.54) is 0 Å². The van der Waals surface area contributed by atoms with Gasteiger partial charge in [-0.25, -0.2) is 14.0 Å². The van der Waals surface area contributed by atoms with Crippen molar-refractivity contribution in [3.63, 3.8) is 0 Å². The Kier molecular flexibility index (Phi) is 10.4. The average molecular weight is 489 g/mol. The molecule has 0 saturated carbocycles. The van der Waals surface area contributed by atoms with Crippen molar-refractivity contribution in [2.45, 2.75) is 107 Å². The monoisotopic (exact) mass is 488 g/mol. The molecule has 0 aliphatic rings. The number of phosphoric ester groups is 1.